The molecule has 1 atom stereocenters. The van der Waals surface area contributed by atoms with Gasteiger partial charge in [-0.1, -0.05) is 12.2 Å². The Balaban J connectivity index is 3.49. The average Bonchev–Trinajstić information content (AvgIpc) is 1.82. The van der Waals surface area contributed by atoms with Gasteiger partial charge < -0.3 is 0 Å². The molecule has 0 fully saturated rings. The lowest BCUT2D eigenvalue weighted by Crippen LogP contribution is -2.06. The number of hydrogen-bond donors (Lipinski definition) is 0. The molecular formula is C7H11ClOS. The molecule has 0 spiro atoms. The Bertz CT molecular complexity index is 145. The summed E-state index contributed by atoms with van der Waals surface area (Å²) in [4.78, 5) is 10.5. The van der Waals surface area contributed by atoms with Gasteiger partial charge in [0.25, 0.3) is 0 Å². The van der Waals surface area contributed by atoms with Crippen LogP contribution in [0.25, 0.3) is 0 Å². The first-order valence-corrected chi connectivity index (χ1v) is 4.42. The zero-order valence-electron chi connectivity index (χ0n) is 6.19. The molecule has 0 aliphatic rings. The third-order valence-electron chi connectivity index (χ3n) is 0.899. The van der Waals surface area contributed by atoms with Crippen LogP contribution in [0.5, 0.6) is 0 Å². The minimum Gasteiger partial charge on any atom is -0.280 e. The summed E-state index contributed by atoms with van der Waals surface area (Å²) in [5.74, 6) is 0.805. The van der Waals surface area contributed by atoms with E-state index in [1.165, 1.54) is 11.8 Å². The van der Waals surface area contributed by atoms with Gasteiger partial charge in [0.15, 0.2) is 0 Å². The summed E-state index contributed by atoms with van der Waals surface area (Å²) in [5.41, 5.74) is 1.06. The molecule has 0 saturated heterocycles. The van der Waals surface area contributed by atoms with E-state index in [1.807, 2.05) is 6.92 Å². The van der Waals surface area contributed by atoms with Crippen molar-refractivity contribution in [3.05, 3.63) is 12.2 Å². The van der Waals surface area contributed by atoms with Crippen LogP contribution in [0.3, 0.4) is 0 Å². The Kier molecular flexibility index (Phi) is 4.83. The van der Waals surface area contributed by atoms with E-state index < -0.39 is 0 Å². The molecule has 0 aromatic carbocycles. The second kappa shape index (κ2) is 4.80. The van der Waals surface area contributed by atoms with Crippen molar-refractivity contribution in [3.63, 3.8) is 0 Å². The first kappa shape index (κ1) is 10.0. The molecule has 0 radical (unpaired) electrons. The van der Waals surface area contributed by atoms with Crippen molar-refractivity contribution in [2.75, 3.05) is 5.75 Å². The van der Waals surface area contributed by atoms with Crippen molar-refractivity contribution in [2.24, 2.45) is 0 Å². The van der Waals surface area contributed by atoms with Gasteiger partial charge in [-0.2, -0.15) is 0 Å². The maximum absolute atomic E-state index is 10.5. The van der Waals surface area contributed by atoms with Gasteiger partial charge in [-0.05, 0) is 25.4 Å². The quantitative estimate of drug-likeness (QED) is 0.486. The van der Waals surface area contributed by atoms with E-state index in [-0.39, 0.29) is 10.5 Å². The highest BCUT2D eigenvalue weighted by Crippen LogP contribution is 2.15. The van der Waals surface area contributed by atoms with Crippen molar-refractivity contribution < 1.29 is 4.79 Å². The standard InChI is InChI=1S/C7H11ClOS/c1-5(2)4-10-6(3)7(8)9/h6H,1,4H2,2-3H3. The molecule has 58 valence electrons. The van der Waals surface area contributed by atoms with Crippen LogP contribution in [-0.4, -0.2) is 16.2 Å². The number of carbonyl (C=O) groups is 1. The fraction of sp³-hybridized carbons (Fsp3) is 0.571. The SMILES string of the molecule is C=C(C)CSC(C)C(=O)Cl. The first-order valence-electron chi connectivity index (χ1n) is 2.99. The molecule has 0 rings (SSSR count). The molecule has 1 nitrogen and oxygen atoms in total. The van der Waals surface area contributed by atoms with Gasteiger partial charge in [0.1, 0.15) is 0 Å². The summed E-state index contributed by atoms with van der Waals surface area (Å²) in [5, 5.41) is -0.399. The van der Waals surface area contributed by atoms with Gasteiger partial charge in [-0.25, -0.2) is 0 Å². The first-order chi connectivity index (χ1) is 4.54. The summed E-state index contributed by atoms with van der Waals surface area (Å²) in [7, 11) is 0. The smallest absolute Gasteiger partial charge is 0.234 e. The summed E-state index contributed by atoms with van der Waals surface area (Å²) in [6, 6.07) is 0. The van der Waals surface area contributed by atoms with E-state index in [0.29, 0.717) is 0 Å². The minimum absolute atomic E-state index is 0.113. The number of hydrogen-bond acceptors (Lipinski definition) is 2. The lowest BCUT2D eigenvalue weighted by molar-refractivity contribution is -0.111. The van der Waals surface area contributed by atoms with Gasteiger partial charge in [-0.15, -0.1) is 11.8 Å². The van der Waals surface area contributed by atoms with Crippen LogP contribution < -0.4 is 0 Å². The maximum atomic E-state index is 10.5. The lowest BCUT2D eigenvalue weighted by atomic mass is 10.4. The highest BCUT2D eigenvalue weighted by molar-refractivity contribution is 8.00. The molecule has 0 aromatic heterocycles. The van der Waals surface area contributed by atoms with Gasteiger partial charge in [0, 0.05) is 5.75 Å². The molecule has 0 amide bonds. The molecule has 0 N–H and O–H groups in total. The van der Waals surface area contributed by atoms with Crippen LogP contribution in [0.2, 0.25) is 0 Å². The zero-order valence-corrected chi connectivity index (χ0v) is 7.76. The minimum atomic E-state index is -0.286. The molecule has 0 bridgehead atoms. The molecule has 10 heavy (non-hydrogen) atoms. The lowest BCUT2D eigenvalue weighted by Gasteiger charge is -2.03. The fourth-order valence-corrected chi connectivity index (χ4v) is 1.19. The summed E-state index contributed by atoms with van der Waals surface area (Å²) < 4.78 is 0. The predicted octanol–water partition coefficient (Wildman–Crippen LogP) is 2.45. The molecule has 0 heterocycles. The van der Waals surface area contributed by atoms with E-state index in [1.54, 1.807) is 6.92 Å². The Morgan fingerprint density at radius 2 is 2.30 bits per heavy atom. The third-order valence-corrected chi connectivity index (χ3v) is 2.73. The maximum Gasteiger partial charge on any atom is 0.234 e. The molecule has 0 aliphatic heterocycles. The number of rotatable bonds is 4. The van der Waals surface area contributed by atoms with Crippen molar-refractivity contribution >= 4 is 28.6 Å². The Labute approximate surface area is 70.8 Å². The molecule has 0 aliphatic carbocycles. The van der Waals surface area contributed by atoms with Crippen LogP contribution in [-0.2, 0) is 4.79 Å². The summed E-state index contributed by atoms with van der Waals surface area (Å²) in [6.45, 7) is 7.43. The van der Waals surface area contributed by atoms with E-state index >= 15 is 0 Å². The van der Waals surface area contributed by atoms with Crippen LogP contribution in [0.4, 0.5) is 0 Å². The summed E-state index contributed by atoms with van der Waals surface area (Å²) in [6.07, 6.45) is 0. The van der Waals surface area contributed by atoms with Crippen LogP contribution in [0.15, 0.2) is 12.2 Å². The van der Waals surface area contributed by atoms with Gasteiger partial charge in [0.05, 0.1) is 5.25 Å². The molecule has 3 heteroatoms. The van der Waals surface area contributed by atoms with Crippen LogP contribution in [0.1, 0.15) is 13.8 Å². The number of halogens is 1. The average molecular weight is 179 g/mol. The summed E-state index contributed by atoms with van der Waals surface area (Å²) >= 11 is 6.73. The van der Waals surface area contributed by atoms with Crippen molar-refractivity contribution in [1.29, 1.82) is 0 Å². The number of thioether (sulfide) groups is 1. The second-order valence-electron chi connectivity index (χ2n) is 2.21. The second-order valence-corrected chi connectivity index (χ2v) is 3.92. The van der Waals surface area contributed by atoms with Gasteiger partial charge >= 0.3 is 0 Å². The van der Waals surface area contributed by atoms with E-state index in [9.17, 15) is 4.79 Å². The largest absolute Gasteiger partial charge is 0.280 e. The van der Waals surface area contributed by atoms with Crippen molar-refractivity contribution in [1.82, 2.24) is 0 Å². The molecule has 1 unspecified atom stereocenters. The van der Waals surface area contributed by atoms with Crippen molar-refractivity contribution in [2.45, 2.75) is 19.1 Å². The predicted molar refractivity (Wildman–Crippen MR) is 47.6 cm³/mol. The fourth-order valence-electron chi connectivity index (χ4n) is 0.333. The van der Waals surface area contributed by atoms with Crippen molar-refractivity contribution in [3.8, 4) is 0 Å². The molecule has 0 saturated carbocycles. The Morgan fingerprint density at radius 3 is 2.60 bits per heavy atom. The highest BCUT2D eigenvalue weighted by Gasteiger charge is 2.08. The van der Waals surface area contributed by atoms with Gasteiger partial charge in [0.2, 0.25) is 5.24 Å². The zero-order chi connectivity index (χ0) is 8.15. The Morgan fingerprint density at radius 1 is 1.80 bits per heavy atom. The van der Waals surface area contributed by atoms with Gasteiger partial charge in [-0.3, -0.25) is 4.79 Å². The molecular weight excluding hydrogens is 168 g/mol. The van der Waals surface area contributed by atoms with Crippen LogP contribution >= 0.6 is 23.4 Å². The normalized spacial score (nSPS) is 12.7. The highest BCUT2D eigenvalue weighted by atomic mass is 35.5. The molecule has 0 aromatic rings. The van der Waals surface area contributed by atoms with E-state index in [0.717, 1.165) is 11.3 Å². The number of carbonyl (C=O) groups excluding carboxylic acids is 1. The topological polar surface area (TPSA) is 17.1 Å². The van der Waals surface area contributed by atoms with E-state index in [4.69, 9.17) is 11.6 Å². The van der Waals surface area contributed by atoms with Crippen LogP contribution in [0, 0.1) is 0 Å². The monoisotopic (exact) mass is 178 g/mol. The third kappa shape index (κ3) is 4.89. The van der Waals surface area contributed by atoms with E-state index in [2.05, 4.69) is 6.58 Å². The Hall–Kier alpha value is 0.0500.